The highest BCUT2D eigenvalue weighted by Crippen LogP contribution is 2.28. The van der Waals surface area contributed by atoms with E-state index in [1.807, 2.05) is 30.3 Å². The van der Waals surface area contributed by atoms with Crippen molar-refractivity contribution in [3.63, 3.8) is 0 Å². The van der Waals surface area contributed by atoms with Crippen LogP contribution in [0.1, 0.15) is 34.8 Å². The molecule has 9 nitrogen and oxygen atoms in total. The van der Waals surface area contributed by atoms with Crippen molar-refractivity contribution in [2.75, 3.05) is 13.2 Å². The minimum Gasteiger partial charge on any atom is -0.467 e. The third-order valence-corrected chi connectivity index (χ3v) is 5.20. The molecule has 3 heterocycles. The first-order valence-corrected chi connectivity index (χ1v) is 10.7. The molecule has 0 radical (unpaired) electrons. The van der Waals surface area contributed by atoms with Gasteiger partial charge in [0, 0.05) is 5.56 Å². The van der Waals surface area contributed by atoms with Gasteiger partial charge in [0.25, 0.3) is 0 Å². The van der Waals surface area contributed by atoms with Gasteiger partial charge in [-0.15, -0.1) is 0 Å². The fraction of sp³-hybridized carbons (Fsp3) is 0.200. The molecular weight excluding hydrogens is 438 g/mol. The van der Waals surface area contributed by atoms with Gasteiger partial charge in [-0.25, -0.2) is 14.4 Å². The van der Waals surface area contributed by atoms with Gasteiger partial charge in [0.15, 0.2) is 0 Å². The molecule has 0 fully saturated rings. The molecule has 0 spiro atoms. The Labute approximate surface area is 195 Å². The second-order valence-corrected chi connectivity index (χ2v) is 7.43. The predicted molar refractivity (Wildman–Crippen MR) is 121 cm³/mol. The number of aromatic nitrogens is 1. The second-order valence-electron chi connectivity index (χ2n) is 7.43. The summed E-state index contributed by atoms with van der Waals surface area (Å²) in [5.74, 6) is -0.951. The van der Waals surface area contributed by atoms with E-state index in [9.17, 15) is 14.4 Å². The number of carbonyl (C=O) groups excluding carboxylic acids is 3. The number of ether oxygens (including phenoxy) is 2. The van der Waals surface area contributed by atoms with Gasteiger partial charge in [-0.3, -0.25) is 4.98 Å². The lowest BCUT2D eigenvalue weighted by atomic mass is 10.0. The molecule has 3 aromatic rings. The van der Waals surface area contributed by atoms with Crippen LogP contribution in [-0.4, -0.2) is 36.2 Å². The van der Waals surface area contributed by atoms with E-state index in [0.717, 1.165) is 11.3 Å². The zero-order valence-corrected chi connectivity index (χ0v) is 18.7. The minimum atomic E-state index is -0.884. The van der Waals surface area contributed by atoms with Crippen LogP contribution in [0.2, 0.25) is 0 Å². The standard InChI is InChI=1S/C25H23N3O6/c1-3-32-24(30)21-19(27-25(31)28-22(21)20-10-7-13-33-20)14-34-23(29)17-11-12-18(26-15(17)2)16-8-5-4-6-9-16/h4-13,22H,3,14H2,1-2H3,(H2,27,28,31). The Hall–Kier alpha value is -4.40. The topological polar surface area (TPSA) is 120 Å². The number of furan rings is 1. The highest BCUT2D eigenvalue weighted by molar-refractivity contribution is 5.95. The number of amides is 2. The molecule has 0 aliphatic carbocycles. The fourth-order valence-electron chi connectivity index (χ4n) is 3.61. The lowest BCUT2D eigenvalue weighted by molar-refractivity contribution is -0.139. The van der Waals surface area contributed by atoms with E-state index in [-0.39, 0.29) is 30.0 Å². The van der Waals surface area contributed by atoms with Crippen LogP contribution in [0, 0.1) is 6.92 Å². The van der Waals surface area contributed by atoms with Crippen LogP contribution in [0.25, 0.3) is 11.3 Å². The van der Waals surface area contributed by atoms with Crippen molar-refractivity contribution >= 4 is 18.0 Å². The molecule has 1 aliphatic heterocycles. The zero-order valence-electron chi connectivity index (χ0n) is 18.7. The van der Waals surface area contributed by atoms with Crippen molar-refractivity contribution in [3.8, 4) is 11.3 Å². The number of esters is 2. The summed E-state index contributed by atoms with van der Waals surface area (Å²) in [6, 6.07) is 14.8. The molecule has 0 bridgehead atoms. The summed E-state index contributed by atoms with van der Waals surface area (Å²) in [6.07, 6.45) is 1.43. The smallest absolute Gasteiger partial charge is 0.340 e. The summed E-state index contributed by atoms with van der Waals surface area (Å²) in [5.41, 5.74) is 2.64. The lowest BCUT2D eigenvalue weighted by Gasteiger charge is -2.27. The first-order valence-electron chi connectivity index (χ1n) is 10.7. The Morgan fingerprint density at radius 3 is 2.50 bits per heavy atom. The summed E-state index contributed by atoms with van der Waals surface area (Å²) in [5, 5.41) is 5.18. The number of pyridine rings is 1. The molecule has 0 saturated heterocycles. The molecule has 1 aliphatic rings. The van der Waals surface area contributed by atoms with Gasteiger partial charge in [0.1, 0.15) is 18.4 Å². The fourth-order valence-corrected chi connectivity index (χ4v) is 3.61. The highest BCUT2D eigenvalue weighted by atomic mass is 16.5. The van der Waals surface area contributed by atoms with Crippen LogP contribution in [-0.2, 0) is 14.3 Å². The summed E-state index contributed by atoms with van der Waals surface area (Å²) in [4.78, 5) is 42.3. The monoisotopic (exact) mass is 461 g/mol. The van der Waals surface area contributed by atoms with Crippen molar-refractivity contribution in [3.05, 3.63) is 89.1 Å². The van der Waals surface area contributed by atoms with E-state index in [0.29, 0.717) is 11.5 Å². The summed E-state index contributed by atoms with van der Waals surface area (Å²) in [6.45, 7) is 3.17. The van der Waals surface area contributed by atoms with E-state index in [1.54, 1.807) is 38.1 Å². The van der Waals surface area contributed by atoms with Gasteiger partial charge in [0.05, 0.1) is 41.1 Å². The Balaban J connectivity index is 1.57. The van der Waals surface area contributed by atoms with Crippen LogP contribution in [0.4, 0.5) is 4.79 Å². The first-order chi connectivity index (χ1) is 16.5. The molecule has 9 heteroatoms. The second kappa shape index (κ2) is 10.0. The molecule has 174 valence electrons. The number of nitrogens with one attached hydrogen (secondary N) is 2. The number of benzene rings is 1. The number of aryl methyl sites for hydroxylation is 1. The number of nitrogens with zero attached hydrogens (tertiary/aromatic N) is 1. The van der Waals surface area contributed by atoms with Crippen LogP contribution in [0.3, 0.4) is 0 Å². The maximum atomic E-state index is 12.8. The van der Waals surface area contributed by atoms with Crippen molar-refractivity contribution in [2.45, 2.75) is 19.9 Å². The molecule has 34 heavy (non-hydrogen) atoms. The van der Waals surface area contributed by atoms with E-state index < -0.39 is 24.0 Å². The number of urea groups is 1. The summed E-state index contributed by atoms with van der Waals surface area (Å²) in [7, 11) is 0. The van der Waals surface area contributed by atoms with E-state index in [1.165, 1.54) is 6.26 Å². The lowest BCUT2D eigenvalue weighted by Crippen LogP contribution is -2.47. The van der Waals surface area contributed by atoms with Crippen molar-refractivity contribution in [1.82, 2.24) is 15.6 Å². The van der Waals surface area contributed by atoms with Gasteiger partial charge in [-0.05, 0) is 38.1 Å². The van der Waals surface area contributed by atoms with E-state index >= 15 is 0 Å². The van der Waals surface area contributed by atoms with Gasteiger partial charge in [-0.2, -0.15) is 0 Å². The third-order valence-electron chi connectivity index (χ3n) is 5.20. The number of hydrogen-bond donors (Lipinski definition) is 2. The maximum absolute atomic E-state index is 12.8. The van der Waals surface area contributed by atoms with Crippen LogP contribution >= 0.6 is 0 Å². The Morgan fingerprint density at radius 2 is 1.82 bits per heavy atom. The van der Waals surface area contributed by atoms with E-state index in [4.69, 9.17) is 13.9 Å². The first kappa shape index (κ1) is 22.8. The summed E-state index contributed by atoms with van der Waals surface area (Å²) < 4.78 is 16.0. The average Bonchev–Trinajstić information content (AvgIpc) is 3.38. The van der Waals surface area contributed by atoms with Crippen molar-refractivity contribution in [1.29, 1.82) is 0 Å². The number of rotatable bonds is 7. The highest BCUT2D eigenvalue weighted by Gasteiger charge is 2.35. The SMILES string of the molecule is CCOC(=O)C1=C(COC(=O)c2ccc(-c3ccccc3)nc2C)NC(=O)NC1c1ccco1. The third kappa shape index (κ3) is 4.83. The van der Waals surface area contributed by atoms with Crippen LogP contribution in [0.5, 0.6) is 0 Å². The minimum absolute atomic E-state index is 0.0958. The van der Waals surface area contributed by atoms with Gasteiger partial charge in [-0.1, -0.05) is 30.3 Å². The molecule has 2 N–H and O–H groups in total. The largest absolute Gasteiger partial charge is 0.467 e. The van der Waals surface area contributed by atoms with Gasteiger partial charge in [0.2, 0.25) is 0 Å². The zero-order chi connectivity index (χ0) is 24.1. The van der Waals surface area contributed by atoms with Crippen LogP contribution < -0.4 is 10.6 Å². The molecular formula is C25H23N3O6. The molecule has 1 atom stereocenters. The predicted octanol–water partition coefficient (Wildman–Crippen LogP) is 3.68. The molecule has 2 aromatic heterocycles. The molecule has 2 amide bonds. The van der Waals surface area contributed by atoms with E-state index in [2.05, 4.69) is 15.6 Å². The molecule has 1 unspecified atom stereocenters. The van der Waals surface area contributed by atoms with Gasteiger partial charge < -0.3 is 24.5 Å². The Morgan fingerprint density at radius 1 is 1.03 bits per heavy atom. The number of carbonyl (C=O) groups is 3. The Kier molecular flexibility index (Phi) is 6.72. The summed E-state index contributed by atoms with van der Waals surface area (Å²) >= 11 is 0. The molecule has 0 saturated carbocycles. The molecule has 1 aromatic carbocycles. The maximum Gasteiger partial charge on any atom is 0.340 e. The molecule has 4 rings (SSSR count). The number of hydrogen-bond acceptors (Lipinski definition) is 7. The van der Waals surface area contributed by atoms with Crippen molar-refractivity contribution < 1.29 is 28.3 Å². The Bertz CT molecular complexity index is 1230. The normalized spacial score (nSPS) is 15.4. The quantitative estimate of drug-likeness (QED) is 0.515. The average molecular weight is 461 g/mol. The van der Waals surface area contributed by atoms with Gasteiger partial charge >= 0.3 is 18.0 Å². The van der Waals surface area contributed by atoms with Crippen molar-refractivity contribution in [2.24, 2.45) is 0 Å². The van der Waals surface area contributed by atoms with Crippen LogP contribution in [0.15, 0.2) is 76.5 Å².